The number of rotatable bonds is 7. The topological polar surface area (TPSA) is 132 Å². The van der Waals surface area contributed by atoms with Gasteiger partial charge >= 0.3 is 18.2 Å². The molecule has 0 bridgehead atoms. The van der Waals surface area contributed by atoms with Crippen molar-refractivity contribution >= 4 is 41.4 Å². The highest BCUT2D eigenvalue weighted by Crippen LogP contribution is 2.38. The van der Waals surface area contributed by atoms with E-state index in [9.17, 15) is 36.7 Å². The zero-order valence-corrected chi connectivity index (χ0v) is 24.0. The van der Waals surface area contributed by atoms with E-state index in [-0.39, 0.29) is 12.2 Å². The number of alkyl halides is 3. The van der Waals surface area contributed by atoms with Gasteiger partial charge in [0.15, 0.2) is 0 Å². The summed E-state index contributed by atoms with van der Waals surface area (Å²) in [6, 6.07) is 13.6. The van der Waals surface area contributed by atoms with Crippen LogP contribution in [-0.4, -0.2) is 48.9 Å². The molecule has 0 radical (unpaired) electrons. The lowest BCUT2D eigenvalue weighted by Gasteiger charge is -2.28. The third kappa shape index (κ3) is 6.95. The minimum Gasteiger partial charge on any atom is -0.465 e. The summed E-state index contributed by atoms with van der Waals surface area (Å²) in [5, 5.41) is 14.2. The number of esters is 1. The summed E-state index contributed by atoms with van der Waals surface area (Å²) >= 11 is 0. The van der Waals surface area contributed by atoms with E-state index >= 15 is 0 Å². The van der Waals surface area contributed by atoms with E-state index < -0.39 is 46.6 Å². The monoisotopic (exact) mass is 613 g/mol. The molecule has 0 aromatic heterocycles. The fourth-order valence-electron chi connectivity index (χ4n) is 4.31. The van der Waals surface area contributed by atoms with Gasteiger partial charge in [-0.15, -0.1) is 0 Å². The van der Waals surface area contributed by atoms with Crippen LogP contribution in [0.3, 0.4) is 0 Å². The van der Waals surface area contributed by atoms with Crippen molar-refractivity contribution in [3.05, 3.63) is 88.7 Å². The van der Waals surface area contributed by atoms with Crippen LogP contribution in [0.4, 0.5) is 39.4 Å². The zero-order valence-electron chi connectivity index (χ0n) is 24.0. The van der Waals surface area contributed by atoms with Gasteiger partial charge in [-0.05, 0) is 74.0 Å². The third-order valence-corrected chi connectivity index (χ3v) is 6.71. The zero-order chi connectivity index (χ0) is 32.8. The molecule has 3 aromatic rings. The Morgan fingerprint density at radius 2 is 1.73 bits per heavy atom. The van der Waals surface area contributed by atoms with Gasteiger partial charge in [0, 0.05) is 18.4 Å². The molecule has 2 N–H and O–H groups in total. The first-order valence-corrected chi connectivity index (χ1v) is 12.8. The summed E-state index contributed by atoms with van der Waals surface area (Å²) in [5.74, 6) is -1.60. The van der Waals surface area contributed by atoms with E-state index in [4.69, 9.17) is 5.26 Å². The van der Waals surface area contributed by atoms with Crippen molar-refractivity contribution in [1.82, 2.24) is 4.90 Å². The summed E-state index contributed by atoms with van der Waals surface area (Å²) in [5.41, 5.74) is -1.48. The maximum Gasteiger partial charge on any atom is 0.417 e. The Morgan fingerprint density at radius 1 is 1.07 bits per heavy atom. The predicted molar refractivity (Wildman–Crippen MR) is 152 cm³/mol. The lowest BCUT2D eigenvalue weighted by molar-refractivity contribution is -0.137. The van der Waals surface area contributed by atoms with Crippen LogP contribution in [-0.2, 0) is 27.0 Å². The average molecular weight is 614 g/mol. The first-order valence-electron chi connectivity index (χ1n) is 12.8. The second-order valence-corrected chi connectivity index (χ2v) is 9.79. The smallest absolute Gasteiger partial charge is 0.417 e. The highest BCUT2D eigenvalue weighted by Gasteiger charge is 2.52. The second-order valence-electron chi connectivity index (χ2n) is 9.79. The molecule has 1 aliphatic heterocycles. The summed E-state index contributed by atoms with van der Waals surface area (Å²) in [7, 11) is 2.89. The molecule has 10 nitrogen and oxygen atoms in total. The van der Waals surface area contributed by atoms with E-state index in [1.54, 1.807) is 31.3 Å². The van der Waals surface area contributed by atoms with Crippen molar-refractivity contribution in [2.75, 3.05) is 29.7 Å². The molecular weight excluding hydrogens is 586 g/mol. The van der Waals surface area contributed by atoms with E-state index in [0.717, 1.165) is 12.1 Å². The minimum atomic E-state index is -4.84. The second kappa shape index (κ2) is 13.2. The lowest BCUT2D eigenvalue weighted by Crippen LogP contribution is -2.43. The number of anilines is 3. The van der Waals surface area contributed by atoms with Gasteiger partial charge in [0.1, 0.15) is 11.4 Å². The fraction of sp³-hybridized carbons (Fsp3) is 0.233. The average Bonchev–Trinajstić information content (AvgIpc) is 3.16. The van der Waals surface area contributed by atoms with Crippen LogP contribution in [0.15, 0.2) is 60.7 Å². The van der Waals surface area contributed by atoms with E-state index in [1.807, 2.05) is 0 Å². The number of urea groups is 1. The molecule has 230 valence electrons. The molecule has 4 rings (SSSR count). The quantitative estimate of drug-likeness (QED) is 0.155. The molecule has 3 aromatic carbocycles. The molecule has 0 unspecified atom stereocenters. The molecule has 1 aliphatic rings. The molecule has 1 heterocycles. The number of benzene rings is 3. The largest absolute Gasteiger partial charge is 0.465 e. The van der Waals surface area contributed by atoms with Gasteiger partial charge in [0.25, 0.3) is 5.91 Å². The number of carbonyl (C=O) groups is 4. The Morgan fingerprint density at radius 3 is 2.27 bits per heavy atom. The van der Waals surface area contributed by atoms with Crippen LogP contribution in [0, 0.1) is 17.1 Å². The van der Waals surface area contributed by atoms with Crippen molar-refractivity contribution in [3.63, 3.8) is 0 Å². The summed E-state index contributed by atoms with van der Waals surface area (Å²) in [6.07, 6.45) is -4.26. The minimum absolute atomic E-state index is 0.0765. The molecular formula is C30H27F4N5O5. The number of nitriles is 1. The number of ether oxygens (including phenoxy) is 1. The van der Waals surface area contributed by atoms with Crippen LogP contribution in [0.2, 0.25) is 0 Å². The van der Waals surface area contributed by atoms with Gasteiger partial charge in [-0.3, -0.25) is 9.59 Å². The molecule has 0 spiro atoms. The van der Waals surface area contributed by atoms with Gasteiger partial charge in [0.2, 0.25) is 6.41 Å². The number of amides is 4. The number of halogens is 4. The number of nitrogens with zero attached hydrogens (tertiary/aromatic N) is 3. The Hall–Kier alpha value is -5.45. The van der Waals surface area contributed by atoms with Crippen LogP contribution in [0.25, 0.3) is 0 Å². The van der Waals surface area contributed by atoms with Gasteiger partial charge in [-0.1, -0.05) is 6.07 Å². The van der Waals surface area contributed by atoms with E-state index in [1.165, 1.54) is 50.1 Å². The Bertz CT molecular complexity index is 1620. The van der Waals surface area contributed by atoms with Gasteiger partial charge < -0.3 is 20.3 Å². The number of methoxy groups -OCH3 is 1. The van der Waals surface area contributed by atoms with Crippen molar-refractivity contribution in [1.29, 1.82) is 5.26 Å². The maximum atomic E-state index is 13.5. The number of carbonyl (C=O) groups excluding carboxylic acids is 4. The van der Waals surface area contributed by atoms with E-state index in [2.05, 4.69) is 15.4 Å². The Balaban J connectivity index is 0.000000340. The van der Waals surface area contributed by atoms with Gasteiger partial charge in [-0.2, -0.15) is 18.4 Å². The molecule has 1 saturated heterocycles. The van der Waals surface area contributed by atoms with Crippen molar-refractivity contribution in [3.8, 4) is 6.07 Å². The number of imide groups is 1. The summed E-state index contributed by atoms with van der Waals surface area (Å²) in [4.78, 5) is 49.0. The fourth-order valence-corrected chi connectivity index (χ4v) is 4.31. The van der Waals surface area contributed by atoms with Crippen molar-refractivity contribution < 1.29 is 41.5 Å². The van der Waals surface area contributed by atoms with Gasteiger partial charge in [-0.25, -0.2) is 18.9 Å². The summed E-state index contributed by atoms with van der Waals surface area (Å²) in [6.45, 7) is 2.88. The maximum absolute atomic E-state index is 13.5. The van der Waals surface area contributed by atoms with E-state index in [0.29, 0.717) is 39.9 Å². The SMILES string of the molecule is CNc1cc(F)ccc1CN1C(=O)N(c2ccc(C#N)c(C(F)(F)F)c2)C(=O)C1(C)C.COC(=O)c1ccc(NC=O)cc1. The molecule has 0 aliphatic carbocycles. The van der Waals surface area contributed by atoms with Crippen LogP contribution in [0.1, 0.15) is 40.9 Å². The lowest BCUT2D eigenvalue weighted by atomic mass is 10.0. The Labute approximate surface area is 249 Å². The first-order chi connectivity index (χ1) is 20.7. The standard InChI is InChI=1S/C21H18F4N4O2.C9H9NO3/c1-20(2)18(30)29(15-7-5-12(10-26)16(9-15)21(23,24)25)19(31)28(20)11-13-4-6-14(22)8-17(13)27-3;1-13-9(12)7-2-4-8(5-3-7)10-6-11/h4-9,27H,11H2,1-3H3;2-6H,1H3,(H,10,11). The van der Waals surface area contributed by atoms with Crippen LogP contribution in [0.5, 0.6) is 0 Å². The Kier molecular flexibility index (Phi) is 9.95. The van der Waals surface area contributed by atoms with Crippen LogP contribution < -0.4 is 15.5 Å². The number of nitrogens with one attached hydrogen (secondary N) is 2. The number of hydrogen-bond acceptors (Lipinski definition) is 7. The van der Waals surface area contributed by atoms with Gasteiger partial charge in [0.05, 0.1) is 42.1 Å². The summed E-state index contributed by atoms with van der Waals surface area (Å²) < 4.78 is 58.1. The van der Waals surface area contributed by atoms with Crippen molar-refractivity contribution in [2.45, 2.75) is 32.1 Å². The van der Waals surface area contributed by atoms with Crippen LogP contribution >= 0.6 is 0 Å². The molecule has 0 saturated carbocycles. The third-order valence-electron chi connectivity index (χ3n) is 6.71. The molecule has 1 fully saturated rings. The highest BCUT2D eigenvalue weighted by atomic mass is 19.4. The predicted octanol–water partition coefficient (Wildman–Crippen LogP) is 5.55. The number of hydrogen-bond donors (Lipinski definition) is 2. The highest BCUT2D eigenvalue weighted by molar-refractivity contribution is 6.23. The normalized spacial score (nSPS) is 13.9. The molecule has 4 amide bonds. The first kappa shape index (κ1) is 33.1. The van der Waals surface area contributed by atoms with Crippen molar-refractivity contribution in [2.24, 2.45) is 0 Å². The molecule has 14 heteroatoms. The molecule has 44 heavy (non-hydrogen) atoms. The molecule has 0 atom stereocenters.